The normalized spacial score (nSPS) is 9.83. The molecule has 64 valence electrons. The summed E-state index contributed by atoms with van der Waals surface area (Å²) in [5, 5.41) is 10.5. The lowest BCUT2D eigenvalue weighted by atomic mass is 10.2. The first-order valence-electron chi connectivity index (χ1n) is 3.14. The molecule has 2 N–H and O–H groups in total. The molecular weight excluding hydrogens is 226 g/mol. The van der Waals surface area contributed by atoms with Crippen LogP contribution in [-0.2, 0) is 6.54 Å². The number of nitrogens with zero attached hydrogens (tertiary/aromatic N) is 2. The summed E-state index contributed by atoms with van der Waals surface area (Å²) < 4.78 is 0.218. The van der Waals surface area contributed by atoms with Crippen molar-refractivity contribution in [2.75, 3.05) is 0 Å². The average Bonchev–Trinajstić information content (AvgIpc) is 2.03. The summed E-state index contributed by atoms with van der Waals surface area (Å²) in [5.41, 5.74) is 5.72. The minimum absolute atomic E-state index is 0.0556. The molecule has 0 aliphatic carbocycles. The van der Waals surface area contributed by atoms with Gasteiger partial charge in [-0.3, -0.25) is 10.1 Å². The smallest absolute Gasteiger partial charge is 0.306 e. The molecule has 6 heteroatoms. The van der Waals surface area contributed by atoms with E-state index >= 15 is 0 Å². The zero-order valence-corrected chi connectivity index (χ0v) is 7.61. The molecule has 0 radical (unpaired) electrons. The maximum absolute atomic E-state index is 10.5. The Morgan fingerprint density at radius 1 is 1.75 bits per heavy atom. The summed E-state index contributed by atoms with van der Waals surface area (Å²) >= 11 is 2.98. The Kier molecular flexibility index (Phi) is 2.72. The topological polar surface area (TPSA) is 82.0 Å². The second-order valence-electron chi connectivity index (χ2n) is 2.07. The Morgan fingerprint density at radius 3 is 2.83 bits per heavy atom. The third-order valence-corrected chi connectivity index (χ3v) is 1.95. The maximum atomic E-state index is 10.5. The molecule has 0 amide bonds. The number of nitrogens with two attached hydrogens (primary N) is 1. The standard InChI is InChI=1S/C6H6BrN3O2/c7-6-5(10(11)12)4(3-8)1-2-9-6/h1-2H,3,8H2. The quantitative estimate of drug-likeness (QED) is 0.472. The predicted octanol–water partition coefficient (Wildman–Crippen LogP) is 1.21. The number of rotatable bonds is 2. The lowest BCUT2D eigenvalue weighted by molar-refractivity contribution is -0.386. The molecule has 1 heterocycles. The van der Waals surface area contributed by atoms with Gasteiger partial charge in [-0.05, 0) is 22.0 Å². The van der Waals surface area contributed by atoms with Crippen molar-refractivity contribution in [1.29, 1.82) is 0 Å². The van der Waals surface area contributed by atoms with Crippen molar-refractivity contribution < 1.29 is 4.92 Å². The summed E-state index contributed by atoms with van der Waals surface area (Å²) in [5.74, 6) is 0. The molecule has 5 nitrogen and oxygen atoms in total. The third-order valence-electron chi connectivity index (χ3n) is 1.37. The second-order valence-corrected chi connectivity index (χ2v) is 2.82. The summed E-state index contributed by atoms with van der Waals surface area (Å²) in [6.45, 7) is 0.136. The van der Waals surface area contributed by atoms with E-state index in [0.29, 0.717) is 5.56 Å². The van der Waals surface area contributed by atoms with Gasteiger partial charge in [0, 0.05) is 18.3 Å². The largest absolute Gasteiger partial charge is 0.326 e. The molecule has 12 heavy (non-hydrogen) atoms. The minimum Gasteiger partial charge on any atom is -0.326 e. The van der Waals surface area contributed by atoms with Crippen molar-refractivity contribution in [3.63, 3.8) is 0 Å². The van der Waals surface area contributed by atoms with Crippen LogP contribution in [-0.4, -0.2) is 9.91 Å². The van der Waals surface area contributed by atoms with Crippen LogP contribution in [0.1, 0.15) is 5.56 Å². The van der Waals surface area contributed by atoms with Crippen LogP contribution in [0, 0.1) is 10.1 Å². The molecule has 1 aromatic rings. The summed E-state index contributed by atoms with van der Waals surface area (Å²) in [4.78, 5) is 13.7. The fraction of sp³-hybridized carbons (Fsp3) is 0.167. The minimum atomic E-state index is -0.501. The molecule has 1 aromatic heterocycles. The van der Waals surface area contributed by atoms with E-state index in [4.69, 9.17) is 5.73 Å². The van der Waals surface area contributed by atoms with E-state index in [1.165, 1.54) is 12.3 Å². The number of nitro groups is 1. The molecule has 0 aliphatic rings. The van der Waals surface area contributed by atoms with E-state index in [2.05, 4.69) is 20.9 Å². The van der Waals surface area contributed by atoms with E-state index < -0.39 is 4.92 Å². The molecule has 1 rings (SSSR count). The van der Waals surface area contributed by atoms with Crippen molar-refractivity contribution in [2.45, 2.75) is 6.54 Å². The molecule has 0 spiro atoms. The van der Waals surface area contributed by atoms with Gasteiger partial charge in [-0.1, -0.05) is 0 Å². The van der Waals surface area contributed by atoms with Gasteiger partial charge in [0.1, 0.15) is 0 Å². The van der Waals surface area contributed by atoms with Gasteiger partial charge in [0.2, 0.25) is 0 Å². The van der Waals surface area contributed by atoms with Gasteiger partial charge in [0.15, 0.2) is 4.60 Å². The van der Waals surface area contributed by atoms with Crippen LogP contribution in [0.2, 0.25) is 0 Å². The number of hydrogen-bond acceptors (Lipinski definition) is 4. The average molecular weight is 232 g/mol. The zero-order chi connectivity index (χ0) is 9.14. The molecule has 0 unspecified atom stereocenters. The summed E-state index contributed by atoms with van der Waals surface area (Å²) in [6, 6.07) is 1.53. The van der Waals surface area contributed by atoms with Crippen LogP contribution in [0.5, 0.6) is 0 Å². The lowest BCUT2D eigenvalue weighted by Gasteiger charge is -1.99. The molecule has 0 saturated heterocycles. The van der Waals surface area contributed by atoms with Crippen LogP contribution in [0.15, 0.2) is 16.9 Å². The highest BCUT2D eigenvalue weighted by Crippen LogP contribution is 2.25. The molecule has 0 bridgehead atoms. The van der Waals surface area contributed by atoms with Crippen LogP contribution >= 0.6 is 15.9 Å². The summed E-state index contributed by atoms with van der Waals surface area (Å²) in [7, 11) is 0. The first-order valence-corrected chi connectivity index (χ1v) is 3.94. The number of halogens is 1. The van der Waals surface area contributed by atoms with E-state index in [1.807, 2.05) is 0 Å². The van der Waals surface area contributed by atoms with Crippen molar-refractivity contribution in [3.05, 3.63) is 32.5 Å². The second kappa shape index (κ2) is 3.59. The Hall–Kier alpha value is -1.01. The van der Waals surface area contributed by atoms with Crippen molar-refractivity contribution in [3.8, 4) is 0 Å². The Bertz CT molecular complexity index is 316. The monoisotopic (exact) mass is 231 g/mol. The highest BCUT2D eigenvalue weighted by atomic mass is 79.9. The van der Waals surface area contributed by atoms with Gasteiger partial charge < -0.3 is 5.73 Å². The van der Waals surface area contributed by atoms with Gasteiger partial charge in [-0.25, -0.2) is 4.98 Å². The van der Waals surface area contributed by atoms with Gasteiger partial charge in [-0.2, -0.15) is 0 Å². The Balaban J connectivity index is 3.29. The van der Waals surface area contributed by atoms with Crippen LogP contribution in [0.25, 0.3) is 0 Å². The lowest BCUT2D eigenvalue weighted by Crippen LogP contribution is -2.03. The Morgan fingerprint density at radius 2 is 2.42 bits per heavy atom. The van der Waals surface area contributed by atoms with Gasteiger partial charge in [-0.15, -0.1) is 0 Å². The van der Waals surface area contributed by atoms with E-state index in [0.717, 1.165) is 0 Å². The first-order chi connectivity index (χ1) is 5.66. The molecular formula is C6H6BrN3O2. The Labute approximate surface area is 76.9 Å². The highest BCUT2D eigenvalue weighted by Gasteiger charge is 2.17. The molecule has 0 fully saturated rings. The summed E-state index contributed by atoms with van der Waals surface area (Å²) in [6.07, 6.45) is 1.47. The number of aromatic nitrogens is 1. The predicted molar refractivity (Wildman–Crippen MR) is 46.5 cm³/mol. The molecule has 0 aromatic carbocycles. The van der Waals surface area contributed by atoms with E-state index in [-0.39, 0.29) is 16.8 Å². The fourth-order valence-corrected chi connectivity index (χ4v) is 1.34. The zero-order valence-electron chi connectivity index (χ0n) is 6.03. The number of hydrogen-bond donors (Lipinski definition) is 1. The van der Waals surface area contributed by atoms with Gasteiger partial charge in [0.25, 0.3) is 0 Å². The van der Waals surface area contributed by atoms with Crippen LogP contribution < -0.4 is 5.73 Å². The SMILES string of the molecule is NCc1ccnc(Br)c1[N+](=O)[O-]. The van der Waals surface area contributed by atoms with Crippen LogP contribution in [0.3, 0.4) is 0 Å². The fourth-order valence-electron chi connectivity index (χ4n) is 0.823. The van der Waals surface area contributed by atoms with E-state index in [9.17, 15) is 10.1 Å². The van der Waals surface area contributed by atoms with E-state index in [1.54, 1.807) is 0 Å². The van der Waals surface area contributed by atoms with Crippen molar-refractivity contribution in [1.82, 2.24) is 4.98 Å². The van der Waals surface area contributed by atoms with Gasteiger partial charge in [0.05, 0.1) is 4.92 Å². The van der Waals surface area contributed by atoms with Crippen LogP contribution in [0.4, 0.5) is 5.69 Å². The maximum Gasteiger partial charge on any atom is 0.306 e. The van der Waals surface area contributed by atoms with Gasteiger partial charge >= 0.3 is 5.69 Å². The van der Waals surface area contributed by atoms with Crippen molar-refractivity contribution in [2.24, 2.45) is 5.73 Å². The molecule has 0 atom stereocenters. The van der Waals surface area contributed by atoms with Crippen molar-refractivity contribution >= 4 is 21.6 Å². The molecule has 0 saturated carbocycles. The molecule has 0 aliphatic heterocycles. The first kappa shape index (κ1) is 9.08. The highest BCUT2D eigenvalue weighted by molar-refractivity contribution is 9.10. The number of pyridine rings is 1. The third kappa shape index (κ3) is 1.59.